The number of carbonyl (C=O) groups is 1. The van der Waals surface area contributed by atoms with Crippen LogP contribution in [0.15, 0.2) is 22.7 Å². The molecule has 0 unspecified atom stereocenters. The number of aromatic nitrogens is 1. The monoisotopic (exact) mass is 269 g/mol. The third-order valence-corrected chi connectivity index (χ3v) is 2.62. The zero-order valence-electron chi connectivity index (χ0n) is 7.87. The van der Waals surface area contributed by atoms with Gasteiger partial charge in [0.15, 0.2) is 11.4 Å². The Morgan fingerprint density at radius 2 is 2.27 bits per heavy atom. The highest BCUT2D eigenvalue weighted by atomic mass is 79.9. The van der Waals surface area contributed by atoms with Crippen LogP contribution in [0.5, 0.6) is 5.75 Å². The van der Waals surface area contributed by atoms with E-state index in [2.05, 4.69) is 25.7 Å². The zero-order chi connectivity index (χ0) is 11.0. The van der Waals surface area contributed by atoms with Gasteiger partial charge in [0, 0.05) is 15.4 Å². The minimum absolute atomic E-state index is 0.0746. The van der Waals surface area contributed by atoms with E-state index in [1.165, 1.54) is 7.11 Å². The van der Waals surface area contributed by atoms with Crippen LogP contribution in [0, 0.1) is 0 Å². The van der Waals surface area contributed by atoms with Gasteiger partial charge in [-0.3, -0.25) is 0 Å². The highest BCUT2D eigenvalue weighted by molar-refractivity contribution is 9.10. The Balaban J connectivity index is 2.69. The van der Waals surface area contributed by atoms with Crippen LogP contribution in [-0.4, -0.2) is 23.2 Å². The highest BCUT2D eigenvalue weighted by Crippen LogP contribution is 2.31. The Kier molecular flexibility index (Phi) is 2.40. The Morgan fingerprint density at radius 1 is 1.53 bits per heavy atom. The fraction of sp³-hybridized carbons (Fsp3) is 0.100. The van der Waals surface area contributed by atoms with Crippen LogP contribution in [-0.2, 0) is 4.74 Å². The van der Waals surface area contributed by atoms with Crippen LogP contribution >= 0.6 is 15.9 Å². The van der Waals surface area contributed by atoms with Gasteiger partial charge >= 0.3 is 5.97 Å². The number of fused-ring (bicyclic) bond motifs is 1. The molecule has 78 valence electrons. The van der Waals surface area contributed by atoms with Crippen molar-refractivity contribution in [3.8, 4) is 5.75 Å². The van der Waals surface area contributed by atoms with Gasteiger partial charge in [0.05, 0.1) is 7.11 Å². The first kappa shape index (κ1) is 10.0. The molecule has 4 nitrogen and oxygen atoms in total. The van der Waals surface area contributed by atoms with E-state index in [-0.39, 0.29) is 11.4 Å². The maximum absolute atomic E-state index is 11.3. The Bertz CT molecular complexity index is 533. The van der Waals surface area contributed by atoms with E-state index >= 15 is 0 Å². The molecule has 2 aromatic rings. The zero-order valence-corrected chi connectivity index (χ0v) is 9.46. The molecule has 0 aliphatic carbocycles. The molecule has 1 aromatic heterocycles. The fourth-order valence-corrected chi connectivity index (χ4v) is 1.76. The summed E-state index contributed by atoms with van der Waals surface area (Å²) in [7, 11) is 1.27. The Hall–Kier alpha value is -1.49. The second-order valence-corrected chi connectivity index (χ2v) is 3.95. The lowest BCUT2D eigenvalue weighted by atomic mass is 10.2. The molecule has 5 heteroatoms. The van der Waals surface area contributed by atoms with Crippen molar-refractivity contribution in [2.24, 2.45) is 0 Å². The highest BCUT2D eigenvalue weighted by Gasteiger charge is 2.17. The molecule has 0 fully saturated rings. The third kappa shape index (κ3) is 1.59. The van der Waals surface area contributed by atoms with Crippen LogP contribution < -0.4 is 0 Å². The van der Waals surface area contributed by atoms with Crippen molar-refractivity contribution in [3.05, 3.63) is 28.4 Å². The average molecular weight is 270 g/mol. The second-order valence-electron chi connectivity index (χ2n) is 3.03. The van der Waals surface area contributed by atoms with Gasteiger partial charge in [-0.1, -0.05) is 15.9 Å². The standard InChI is InChI=1S/C10H8BrNO3/c1-15-10(14)8-9(13)6-4-5(11)2-3-7(6)12-8/h2-4,12-13H,1H3. The molecule has 0 saturated carbocycles. The summed E-state index contributed by atoms with van der Waals surface area (Å²) in [6.45, 7) is 0. The summed E-state index contributed by atoms with van der Waals surface area (Å²) in [6.07, 6.45) is 0. The van der Waals surface area contributed by atoms with E-state index in [9.17, 15) is 9.90 Å². The molecule has 2 rings (SSSR count). The first-order valence-corrected chi connectivity index (χ1v) is 5.01. The summed E-state index contributed by atoms with van der Waals surface area (Å²) in [5.41, 5.74) is 0.765. The topological polar surface area (TPSA) is 62.3 Å². The van der Waals surface area contributed by atoms with Gasteiger partial charge in [0.1, 0.15) is 0 Å². The number of carbonyl (C=O) groups excluding carboxylic acids is 1. The van der Waals surface area contributed by atoms with E-state index in [4.69, 9.17) is 0 Å². The number of H-pyrrole nitrogens is 1. The first-order chi connectivity index (χ1) is 7.13. The number of aromatic hydroxyl groups is 1. The van der Waals surface area contributed by atoms with Crippen molar-refractivity contribution in [3.63, 3.8) is 0 Å². The smallest absolute Gasteiger partial charge is 0.358 e. The predicted octanol–water partition coefficient (Wildman–Crippen LogP) is 2.42. The van der Waals surface area contributed by atoms with Crippen LogP contribution in [0.25, 0.3) is 10.9 Å². The predicted molar refractivity (Wildman–Crippen MR) is 59.0 cm³/mol. The van der Waals surface area contributed by atoms with Crippen molar-refractivity contribution < 1.29 is 14.6 Å². The van der Waals surface area contributed by atoms with Gasteiger partial charge in [0.2, 0.25) is 0 Å². The van der Waals surface area contributed by atoms with Crippen molar-refractivity contribution in [1.29, 1.82) is 0 Å². The van der Waals surface area contributed by atoms with Crippen molar-refractivity contribution in [1.82, 2.24) is 4.98 Å². The third-order valence-electron chi connectivity index (χ3n) is 2.12. The second kappa shape index (κ2) is 3.58. The van der Waals surface area contributed by atoms with E-state index < -0.39 is 5.97 Å². The summed E-state index contributed by atoms with van der Waals surface area (Å²) in [5, 5.41) is 10.4. The fourth-order valence-electron chi connectivity index (χ4n) is 1.40. The quantitative estimate of drug-likeness (QED) is 0.782. The number of esters is 1. The van der Waals surface area contributed by atoms with Crippen LogP contribution in [0.3, 0.4) is 0 Å². The lowest BCUT2D eigenvalue weighted by Gasteiger charge is -1.95. The van der Waals surface area contributed by atoms with Gasteiger partial charge in [-0.25, -0.2) is 4.79 Å². The molecule has 2 N–H and O–H groups in total. The number of methoxy groups -OCH3 is 1. The summed E-state index contributed by atoms with van der Waals surface area (Å²) in [4.78, 5) is 14.1. The molecule has 0 radical (unpaired) electrons. The van der Waals surface area contributed by atoms with Crippen molar-refractivity contribution in [2.75, 3.05) is 7.11 Å². The molecule has 0 spiro atoms. The normalized spacial score (nSPS) is 10.5. The van der Waals surface area contributed by atoms with Gasteiger partial charge in [-0.05, 0) is 18.2 Å². The van der Waals surface area contributed by atoms with E-state index in [0.717, 1.165) is 4.47 Å². The number of aromatic amines is 1. The summed E-state index contributed by atoms with van der Waals surface area (Å²) < 4.78 is 5.37. The number of rotatable bonds is 1. The van der Waals surface area contributed by atoms with Gasteiger partial charge in [-0.2, -0.15) is 0 Å². The van der Waals surface area contributed by atoms with Gasteiger partial charge < -0.3 is 14.8 Å². The largest absolute Gasteiger partial charge is 0.505 e. The van der Waals surface area contributed by atoms with Gasteiger partial charge in [-0.15, -0.1) is 0 Å². The summed E-state index contributed by atoms with van der Waals surface area (Å²) in [6, 6.07) is 5.32. The SMILES string of the molecule is COC(=O)c1[nH]c2ccc(Br)cc2c1O. The number of benzene rings is 1. The minimum atomic E-state index is -0.583. The number of halogens is 1. The van der Waals surface area contributed by atoms with Crippen LogP contribution in [0.1, 0.15) is 10.5 Å². The first-order valence-electron chi connectivity index (χ1n) is 4.22. The molecular weight excluding hydrogens is 262 g/mol. The summed E-state index contributed by atoms with van der Waals surface area (Å²) >= 11 is 3.29. The molecule has 0 atom stereocenters. The number of hydrogen-bond donors (Lipinski definition) is 2. The van der Waals surface area contributed by atoms with Crippen molar-refractivity contribution >= 4 is 32.8 Å². The van der Waals surface area contributed by atoms with E-state index in [0.29, 0.717) is 10.9 Å². The minimum Gasteiger partial charge on any atom is -0.505 e. The number of nitrogens with one attached hydrogen (secondary N) is 1. The Morgan fingerprint density at radius 3 is 2.93 bits per heavy atom. The maximum atomic E-state index is 11.3. The lowest BCUT2D eigenvalue weighted by Crippen LogP contribution is -2.01. The van der Waals surface area contributed by atoms with Gasteiger partial charge in [0.25, 0.3) is 0 Å². The van der Waals surface area contributed by atoms with Crippen LogP contribution in [0.2, 0.25) is 0 Å². The molecular formula is C10H8BrNO3. The molecule has 1 aromatic carbocycles. The summed E-state index contributed by atoms with van der Waals surface area (Å²) in [5.74, 6) is -0.669. The molecule has 0 saturated heterocycles. The average Bonchev–Trinajstić information content (AvgIpc) is 2.55. The molecule has 0 aliphatic rings. The van der Waals surface area contributed by atoms with E-state index in [1.807, 2.05) is 6.07 Å². The maximum Gasteiger partial charge on any atom is 0.358 e. The van der Waals surface area contributed by atoms with E-state index in [1.54, 1.807) is 12.1 Å². The number of ether oxygens (including phenoxy) is 1. The molecule has 0 bridgehead atoms. The Labute approximate surface area is 94.0 Å². The van der Waals surface area contributed by atoms with Crippen LogP contribution in [0.4, 0.5) is 0 Å². The molecule has 0 aliphatic heterocycles. The molecule has 0 amide bonds. The molecule has 1 heterocycles. The van der Waals surface area contributed by atoms with Crippen molar-refractivity contribution in [2.45, 2.75) is 0 Å². The lowest BCUT2D eigenvalue weighted by molar-refractivity contribution is 0.0592. The number of hydrogen-bond acceptors (Lipinski definition) is 3. The molecule has 15 heavy (non-hydrogen) atoms.